The molecule has 210 valence electrons. The van der Waals surface area contributed by atoms with E-state index in [1.54, 1.807) is 0 Å². The molecule has 4 heteroatoms. The van der Waals surface area contributed by atoms with Gasteiger partial charge in [-0.25, -0.2) is 0 Å². The molecule has 0 bridgehead atoms. The molecule has 3 aromatic carbocycles. The highest BCUT2D eigenvalue weighted by Crippen LogP contribution is 2.31. The van der Waals surface area contributed by atoms with Crippen LogP contribution in [0.4, 0.5) is 11.4 Å². The van der Waals surface area contributed by atoms with Crippen molar-refractivity contribution in [3.63, 3.8) is 0 Å². The van der Waals surface area contributed by atoms with E-state index >= 15 is 0 Å². The predicted octanol–water partition coefficient (Wildman–Crippen LogP) is 7.73. The molecule has 0 saturated carbocycles. The summed E-state index contributed by atoms with van der Waals surface area (Å²) in [5.41, 5.74) is 21.2. The van der Waals surface area contributed by atoms with Crippen LogP contribution in [0.15, 0.2) is 36.4 Å². The first-order valence-corrected chi connectivity index (χ1v) is 13.7. The second kappa shape index (κ2) is 12.0. The maximum absolute atomic E-state index is 6.34. The molecule has 0 aliphatic heterocycles. The van der Waals surface area contributed by atoms with E-state index in [1.165, 1.54) is 0 Å². The lowest BCUT2D eigenvalue weighted by atomic mass is 9.98. The number of ether oxygens (including phenoxy) is 2. The summed E-state index contributed by atoms with van der Waals surface area (Å²) in [7, 11) is 0. The number of hydrogen-bond acceptors (Lipinski definition) is 4. The lowest BCUT2D eigenvalue weighted by Gasteiger charge is -2.22. The van der Waals surface area contributed by atoms with Gasteiger partial charge >= 0.3 is 0 Å². The van der Waals surface area contributed by atoms with Crippen LogP contribution in [0, 0.1) is 62.2 Å². The van der Waals surface area contributed by atoms with Crippen LogP contribution < -0.4 is 20.9 Å². The van der Waals surface area contributed by atoms with Gasteiger partial charge in [-0.05, 0) is 85.0 Å². The van der Waals surface area contributed by atoms with Crippen molar-refractivity contribution in [1.82, 2.24) is 0 Å². The molecule has 3 rings (SSSR count). The average molecular weight is 537 g/mol. The zero-order valence-electron chi connectivity index (χ0n) is 25.8. The fourth-order valence-corrected chi connectivity index (χ4v) is 3.96. The molecule has 3 aromatic rings. The summed E-state index contributed by atoms with van der Waals surface area (Å²) in [6.45, 7) is 21.9. The number of nitrogen functional groups attached to an aromatic ring is 2. The lowest BCUT2D eigenvalue weighted by molar-refractivity contribution is 0.192. The van der Waals surface area contributed by atoms with Crippen molar-refractivity contribution in [3.05, 3.63) is 80.9 Å². The normalized spacial score (nSPS) is 11.2. The third-order valence-corrected chi connectivity index (χ3v) is 6.27. The van der Waals surface area contributed by atoms with Crippen molar-refractivity contribution in [2.75, 3.05) is 24.7 Å². The predicted molar refractivity (Wildman–Crippen MR) is 169 cm³/mol. The molecule has 0 radical (unpaired) electrons. The first kappa shape index (κ1) is 30.5. The molecule has 0 heterocycles. The number of anilines is 2. The first-order valence-electron chi connectivity index (χ1n) is 13.7. The van der Waals surface area contributed by atoms with Gasteiger partial charge in [-0.15, -0.1) is 0 Å². The Kier molecular flexibility index (Phi) is 9.17. The largest absolute Gasteiger partial charge is 0.492 e. The van der Waals surface area contributed by atoms with Crippen molar-refractivity contribution in [2.24, 2.45) is 10.8 Å². The SMILES string of the molecule is Cc1cc(C#Cc2cc(OCC(C)(C)C)c(C#Cc3cc(C)c(N)c(C)c3)cc2OCC(C)(C)C)cc(C)c1N. The minimum atomic E-state index is -0.0256. The van der Waals surface area contributed by atoms with Gasteiger partial charge in [0.05, 0.1) is 24.3 Å². The molecule has 0 saturated heterocycles. The molecular formula is C36H44N2O2. The van der Waals surface area contributed by atoms with Crippen LogP contribution >= 0.6 is 0 Å². The van der Waals surface area contributed by atoms with E-state index in [0.29, 0.717) is 24.7 Å². The van der Waals surface area contributed by atoms with Crippen molar-refractivity contribution in [1.29, 1.82) is 0 Å². The van der Waals surface area contributed by atoms with Gasteiger partial charge in [0.15, 0.2) is 0 Å². The second-order valence-corrected chi connectivity index (χ2v) is 13.1. The summed E-state index contributed by atoms with van der Waals surface area (Å²) in [6, 6.07) is 12.0. The zero-order valence-corrected chi connectivity index (χ0v) is 25.8. The number of nitrogens with two attached hydrogens (primary N) is 2. The molecule has 0 fully saturated rings. The Balaban J connectivity index is 2.17. The van der Waals surface area contributed by atoms with Gasteiger partial charge in [-0.2, -0.15) is 0 Å². The van der Waals surface area contributed by atoms with E-state index in [0.717, 1.165) is 55.9 Å². The van der Waals surface area contributed by atoms with Crippen molar-refractivity contribution < 1.29 is 9.47 Å². The highest BCUT2D eigenvalue weighted by atomic mass is 16.5. The van der Waals surface area contributed by atoms with E-state index in [4.69, 9.17) is 20.9 Å². The van der Waals surface area contributed by atoms with Gasteiger partial charge in [0.1, 0.15) is 11.5 Å². The maximum atomic E-state index is 6.34. The molecular weight excluding hydrogens is 492 g/mol. The molecule has 4 N–H and O–H groups in total. The van der Waals surface area contributed by atoms with E-state index in [-0.39, 0.29) is 10.8 Å². The van der Waals surface area contributed by atoms with Gasteiger partial charge in [0.2, 0.25) is 0 Å². The fourth-order valence-electron chi connectivity index (χ4n) is 3.96. The van der Waals surface area contributed by atoms with E-state index < -0.39 is 0 Å². The van der Waals surface area contributed by atoms with Gasteiger partial charge in [0, 0.05) is 34.6 Å². The molecule has 0 spiro atoms. The van der Waals surface area contributed by atoms with Crippen LogP contribution in [-0.2, 0) is 0 Å². The first-order chi connectivity index (χ1) is 18.5. The lowest BCUT2D eigenvalue weighted by Crippen LogP contribution is -2.18. The highest BCUT2D eigenvalue weighted by Gasteiger charge is 2.17. The third kappa shape index (κ3) is 8.49. The molecule has 0 atom stereocenters. The topological polar surface area (TPSA) is 70.5 Å². The highest BCUT2D eigenvalue weighted by molar-refractivity contribution is 5.63. The van der Waals surface area contributed by atoms with Gasteiger partial charge in [-0.1, -0.05) is 65.2 Å². The Morgan fingerprint density at radius 2 is 0.825 bits per heavy atom. The van der Waals surface area contributed by atoms with Crippen LogP contribution in [-0.4, -0.2) is 13.2 Å². The number of rotatable bonds is 4. The van der Waals surface area contributed by atoms with Crippen LogP contribution in [0.2, 0.25) is 0 Å². The van der Waals surface area contributed by atoms with Crippen LogP contribution in [0.3, 0.4) is 0 Å². The molecule has 0 amide bonds. The van der Waals surface area contributed by atoms with Gasteiger partial charge < -0.3 is 20.9 Å². The fraction of sp³-hybridized carbons (Fsp3) is 0.389. The van der Waals surface area contributed by atoms with Crippen molar-refractivity contribution in [3.8, 4) is 35.2 Å². The Hall–Kier alpha value is -4.02. The molecule has 0 aliphatic rings. The zero-order chi connectivity index (χ0) is 29.8. The van der Waals surface area contributed by atoms with E-state index in [9.17, 15) is 0 Å². The van der Waals surface area contributed by atoms with Gasteiger partial charge in [-0.3, -0.25) is 0 Å². The Labute approximate surface area is 241 Å². The van der Waals surface area contributed by atoms with Crippen LogP contribution in [0.1, 0.15) is 86.1 Å². The van der Waals surface area contributed by atoms with Gasteiger partial charge in [0.25, 0.3) is 0 Å². The Morgan fingerprint density at radius 3 is 1.10 bits per heavy atom. The minimum Gasteiger partial charge on any atom is -0.492 e. The standard InChI is InChI=1S/C36H44N2O2/c1-23-15-27(16-24(2)33(23)37)11-13-29-19-32(40-22-36(8,9)10)30(20-31(29)39-21-35(5,6)7)14-12-28-17-25(3)34(38)26(4)18-28/h15-20H,21-22,37-38H2,1-10H3. The third-order valence-electron chi connectivity index (χ3n) is 6.27. The van der Waals surface area contributed by atoms with Crippen molar-refractivity contribution >= 4 is 11.4 Å². The molecule has 4 nitrogen and oxygen atoms in total. The second-order valence-electron chi connectivity index (χ2n) is 13.1. The molecule has 40 heavy (non-hydrogen) atoms. The summed E-state index contributed by atoms with van der Waals surface area (Å²) < 4.78 is 12.7. The number of benzene rings is 3. The smallest absolute Gasteiger partial charge is 0.136 e. The summed E-state index contributed by atoms with van der Waals surface area (Å²) in [4.78, 5) is 0. The molecule has 0 aliphatic carbocycles. The summed E-state index contributed by atoms with van der Waals surface area (Å²) in [5.74, 6) is 14.7. The van der Waals surface area contributed by atoms with E-state index in [2.05, 4.69) is 65.2 Å². The number of aryl methyl sites for hydroxylation is 4. The van der Waals surface area contributed by atoms with Crippen molar-refractivity contribution in [2.45, 2.75) is 69.2 Å². The van der Waals surface area contributed by atoms with Crippen LogP contribution in [0.25, 0.3) is 0 Å². The Bertz CT molecular complexity index is 1360. The van der Waals surface area contributed by atoms with E-state index in [1.807, 2.05) is 64.1 Å². The molecule has 0 aromatic heterocycles. The monoisotopic (exact) mass is 536 g/mol. The van der Waals surface area contributed by atoms with Crippen LogP contribution in [0.5, 0.6) is 11.5 Å². The summed E-state index contributed by atoms with van der Waals surface area (Å²) in [5, 5.41) is 0. The quantitative estimate of drug-likeness (QED) is 0.264. The summed E-state index contributed by atoms with van der Waals surface area (Å²) in [6.07, 6.45) is 0. The maximum Gasteiger partial charge on any atom is 0.136 e. The number of hydrogen-bond donors (Lipinski definition) is 2. The average Bonchev–Trinajstić information content (AvgIpc) is 2.84. The summed E-state index contributed by atoms with van der Waals surface area (Å²) >= 11 is 0. The Morgan fingerprint density at radius 1 is 0.525 bits per heavy atom. The minimum absolute atomic E-state index is 0.0256. The molecule has 0 unspecified atom stereocenters.